The highest BCUT2D eigenvalue weighted by molar-refractivity contribution is 5.55. The van der Waals surface area contributed by atoms with Crippen molar-refractivity contribution in [1.29, 1.82) is 0 Å². The monoisotopic (exact) mass is 246 g/mol. The minimum absolute atomic E-state index is 0.624. The second kappa shape index (κ2) is 5.31. The van der Waals surface area contributed by atoms with Gasteiger partial charge in [-0.25, -0.2) is 0 Å². The van der Waals surface area contributed by atoms with Gasteiger partial charge in [0.15, 0.2) is 0 Å². The van der Waals surface area contributed by atoms with E-state index in [2.05, 4.69) is 62.7 Å². The van der Waals surface area contributed by atoms with Gasteiger partial charge >= 0.3 is 0 Å². The quantitative estimate of drug-likeness (QED) is 0.791. The summed E-state index contributed by atoms with van der Waals surface area (Å²) in [7, 11) is 2.24. The van der Waals surface area contributed by atoms with Crippen molar-refractivity contribution >= 4 is 5.69 Å². The first-order chi connectivity index (χ1) is 8.52. The number of nitrogens with zero attached hydrogens (tertiary/aromatic N) is 2. The van der Waals surface area contributed by atoms with Crippen molar-refractivity contribution in [2.24, 2.45) is 0 Å². The molecule has 2 nitrogen and oxygen atoms in total. The Bertz CT molecular complexity index is 402. The fraction of sp³-hybridized carbons (Fsp3) is 0.625. The third-order valence-electron chi connectivity index (χ3n) is 4.37. The number of piperazine rings is 1. The van der Waals surface area contributed by atoms with E-state index in [0.717, 1.165) is 19.5 Å². The maximum Gasteiger partial charge on any atom is 0.0397 e. The number of likely N-dealkylation sites (N-methyl/N-ethyl adjacent to an activating group) is 1. The lowest BCUT2D eigenvalue weighted by atomic mass is 10.0. The van der Waals surface area contributed by atoms with Crippen molar-refractivity contribution in [2.45, 2.75) is 46.2 Å². The molecule has 1 fully saturated rings. The molecular formula is C16H26N2. The summed E-state index contributed by atoms with van der Waals surface area (Å²) >= 11 is 0. The molecule has 0 spiro atoms. The Morgan fingerprint density at radius 1 is 1.17 bits per heavy atom. The molecule has 100 valence electrons. The lowest BCUT2D eigenvalue weighted by Crippen LogP contribution is -2.55. The van der Waals surface area contributed by atoms with Crippen LogP contribution in [0.1, 0.15) is 31.9 Å². The van der Waals surface area contributed by atoms with Gasteiger partial charge in [0.25, 0.3) is 0 Å². The molecule has 0 radical (unpaired) electrons. The van der Waals surface area contributed by atoms with E-state index < -0.39 is 0 Å². The first-order valence-corrected chi connectivity index (χ1v) is 7.09. The number of rotatable bonds is 2. The molecule has 0 unspecified atom stereocenters. The Morgan fingerprint density at radius 2 is 1.78 bits per heavy atom. The number of aryl methyl sites for hydroxylation is 2. The summed E-state index contributed by atoms with van der Waals surface area (Å²) in [6.07, 6.45) is 1.12. The Hall–Kier alpha value is -1.02. The van der Waals surface area contributed by atoms with Gasteiger partial charge < -0.3 is 4.90 Å². The highest BCUT2D eigenvalue weighted by Crippen LogP contribution is 2.25. The first-order valence-electron chi connectivity index (χ1n) is 7.09. The molecule has 1 heterocycles. The van der Waals surface area contributed by atoms with Crippen LogP contribution in [0.4, 0.5) is 5.69 Å². The Morgan fingerprint density at radius 3 is 2.28 bits per heavy atom. The van der Waals surface area contributed by atoms with Crippen molar-refractivity contribution in [3.8, 4) is 0 Å². The van der Waals surface area contributed by atoms with Gasteiger partial charge in [0, 0.05) is 30.9 Å². The van der Waals surface area contributed by atoms with E-state index in [9.17, 15) is 0 Å². The summed E-state index contributed by atoms with van der Waals surface area (Å²) in [5.41, 5.74) is 4.27. The fourth-order valence-corrected chi connectivity index (χ4v) is 2.89. The van der Waals surface area contributed by atoms with Crippen LogP contribution in [0.25, 0.3) is 0 Å². The molecule has 2 atom stereocenters. The normalized spacial score (nSPS) is 25.5. The molecule has 0 bridgehead atoms. The molecule has 1 aromatic rings. The van der Waals surface area contributed by atoms with Gasteiger partial charge in [-0.1, -0.05) is 19.1 Å². The lowest BCUT2D eigenvalue weighted by molar-refractivity contribution is 0.170. The zero-order chi connectivity index (χ0) is 13.3. The Kier molecular flexibility index (Phi) is 3.96. The molecule has 0 N–H and O–H groups in total. The van der Waals surface area contributed by atoms with Crippen LogP contribution >= 0.6 is 0 Å². The van der Waals surface area contributed by atoms with Crippen LogP contribution in [-0.2, 0) is 6.42 Å². The zero-order valence-electron chi connectivity index (χ0n) is 12.4. The van der Waals surface area contributed by atoms with Crippen molar-refractivity contribution in [2.75, 3.05) is 25.0 Å². The first kappa shape index (κ1) is 13.4. The number of hydrogen-bond acceptors (Lipinski definition) is 2. The third-order valence-corrected chi connectivity index (χ3v) is 4.37. The maximum atomic E-state index is 2.55. The van der Waals surface area contributed by atoms with Gasteiger partial charge in [-0.2, -0.15) is 0 Å². The summed E-state index contributed by atoms with van der Waals surface area (Å²) in [6, 6.07) is 8.16. The van der Waals surface area contributed by atoms with E-state index >= 15 is 0 Å². The Balaban J connectivity index is 2.21. The summed E-state index contributed by atoms with van der Waals surface area (Å²) in [6.45, 7) is 11.4. The van der Waals surface area contributed by atoms with Crippen LogP contribution in [0.15, 0.2) is 18.2 Å². The lowest BCUT2D eigenvalue weighted by Gasteiger charge is -2.44. The summed E-state index contributed by atoms with van der Waals surface area (Å²) in [4.78, 5) is 5.02. The van der Waals surface area contributed by atoms with Crippen molar-refractivity contribution in [1.82, 2.24) is 4.90 Å². The molecule has 1 saturated heterocycles. The molecule has 2 rings (SSSR count). The molecule has 0 amide bonds. The SMILES string of the molecule is CCc1ccc(N2C[C@@H](C)N(C)[C@@H](C)C2)c(C)c1. The smallest absolute Gasteiger partial charge is 0.0397 e. The van der Waals surface area contributed by atoms with Crippen LogP contribution in [0, 0.1) is 6.92 Å². The van der Waals surface area contributed by atoms with Crippen LogP contribution < -0.4 is 4.90 Å². The van der Waals surface area contributed by atoms with Crippen LogP contribution in [0.5, 0.6) is 0 Å². The van der Waals surface area contributed by atoms with Crippen molar-refractivity contribution in [3.63, 3.8) is 0 Å². The van der Waals surface area contributed by atoms with Crippen LogP contribution in [0.3, 0.4) is 0 Å². The standard InChI is InChI=1S/C16H26N2/c1-6-15-7-8-16(12(2)9-15)18-10-13(3)17(5)14(4)11-18/h7-9,13-14H,6,10-11H2,1-5H3/t13-,14+. The maximum absolute atomic E-state index is 2.55. The number of benzene rings is 1. The molecule has 1 aliphatic heterocycles. The van der Waals surface area contributed by atoms with Gasteiger partial charge in [0.05, 0.1) is 0 Å². The number of anilines is 1. The summed E-state index contributed by atoms with van der Waals surface area (Å²) in [5.74, 6) is 0. The number of hydrogen-bond donors (Lipinski definition) is 0. The second-order valence-corrected chi connectivity index (χ2v) is 5.74. The van der Waals surface area contributed by atoms with E-state index in [1.54, 1.807) is 0 Å². The highest BCUT2D eigenvalue weighted by Gasteiger charge is 2.27. The molecule has 0 aromatic heterocycles. The van der Waals surface area contributed by atoms with Gasteiger partial charge in [0.2, 0.25) is 0 Å². The van der Waals surface area contributed by atoms with E-state index in [0.29, 0.717) is 12.1 Å². The van der Waals surface area contributed by atoms with E-state index in [1.807, 2.05) is 0 Å². The van der Waals surface area contributed by atoms with Gasteiger partial charge in [-0.05, 0) is 51.4 Å². The van der Waals surface area contributed by atoms with Crippen molar-refractivity contribution < 1.29 is 0 Å². The van der Waals surface area contributed by atoms with Crippen LogP contribution in [0.2, 0.25) is 0 Å². The molecular weight excluding hydrogens is 220 g/mol. The van der Waals surface area contributed by atoms with E-state index in [4.69, 9.17) is 0 Å². The molecule has 1 aromatic carbocycles. The van der Waals surface area contributed by atoms with Gasteiger partial charge in [-0.3, -0.25) is 4.90 Å². The Labute approximate surface area is 112 Å². The van der Waals surface area contributed by atoms with E-state index in [-0.39, 0.29) is 0 Å². The minimum Gasteiger partial charge on any atom is -0.368 e. The molecule has 0 saturated carbocycles. The largest absolute Gasteiger partial charge is 0.368 e. The molecule has 18 heavy (non-hydrogen) atoms. The highest BCUT2D eigenvalue weighted by atomic mass is 15.3. The van der Waals surface area contributed by atoms with Gasteiger partial charge in [-0.15, -0.1) is 0 Å². The predicted molar refractivity (Wildman–Crippen MR) is 79.5 cm³/mol. The van der Waals surface area contributed by atoms with Crippen LogP contribution in [-0.4, -0.2) is 37.1 Å². The summed E-state index contributed by atoms with van der Waals surface area (Å²) < 4.78 is 0. The van der Waals surface area contributed by atoms with Crippen molar-refractivity contribution in [3.05, 3.63) is 29.3 Å². The average Bonchev–Trinajstić information content (AvgIpc) is 2.35. The second-order valence-electron chi connectivity index (χ2n) is 5.74. The zero-order valence-corrected chi connectivity index (χ0v) is 12.4. The van der Waals surface area contributed by atoms with Gasteiger partial charge in [0.1, 0.15) is 0 Å². The predicted octanol–water partition coefficient (Wildman–Crippen LogP) is 3.09. The minimum atomic E-state index is 0.624. The topological polar surface area (TPSA) is 6.48 Å². The third kappa shape index (κ3) is 2.54. The van der Waals surface area contributed by atoms with E-state index in [1.165, 1.54) is 16.8 Å². The molecule has 0 aliphatic carbocycles. The molecule has 2 heteroatoms. The summed E-state index contributed by atoms with van der Waals surface area (Å²) in [5, 5.41) is 0. The molecule has 1 aliphatic rings. The fourth-order valence-electron chi connectivity index (χ4n) is 2.89. The average molecular weight is 246 g/mol.